The van der Waals surface area contributed by atoms with Crippen molar-refractivity contribution in [2.24, 2.45) is 11.7 Å². The number of rotatable bonds is 2. The second-order valence-electron chi connectivity index (χ2n) is 4.97. The van der Waals surface area contributed by atoms with E-state index < -0.39 is 5.79 Å². The molecule has 1 heterocycles. The van der Waals surface area contributed by atoms with Gasteiger partial charge in [-0.1, -0.05) is 0 Å². The summed E-state index contributed by atoms with van der Waals surface area (Å²) in [6.45, 7) is 6.24. The molecule has 0 aromatic rings. The van der Waals surface area contributed by atoms with Gasteiger partial charge < -0.3 is 20.5 Å². The van der Waals surface area contributed by atoms with Crippen molar-refractivity contribution in [2.45, 2.75) is 51.2 Å². The Kier molecular flexibility index (Phi) is 2.94. The van der Waals surface area contributed by atoms with Crippen molar-refractivity contribution < 1.29 is 14.3 Å². The molecule has 1 saturated carbocycles. The Balaban J connectivity index is 2.10. The summed E-state index contributed by atoms with van der Waals surface area (Å²) in [4.78, 5) is 11.8. The van der Waals surface area contributed by atoms with Crippen molar-refractivity contribution >= 4 is 5.91 Å². The van der Waals surface area contributed by atoms with Crippen LogP contribution in [0, 0.1) is 5.92 Å². The Morgan fingerprint density at radius 2 is 2.06 bits per heavy atom. The van der Waals surface area contributed by atoms with Crippen molar-refractivity contribution in [3.63, 3.8) is 0 Å². The number of carbonyl (C=O) groups is 1. The van der Waals surface area contributed by atoms with E-state index in [0.29, 0.717) is 13.0 Å². The van der Waals surface area contributed by atoms with E-state index >= 15 is 0 Å². The molecule has 3 N–H and O–H groups in total. The van der Waals surface area contributed by atoms with Crippen LogP contribution in [0.5, 0.6) is 0 Å². The summed E-state index contributed by atoms with van der Waals surface area (Å²) < 4.78 is 11.5. The molecule has 1 aliphatic carbocycles. The van der Waals surface area contributed by atoms with Crippen LogP contribution in [-0.4, -0.2) is 36.5 Å². The quantitative estimate of drug-likeness (QED) is 0.697. The number of ether oxygens (including phenoxy) is 2. The molecule has 2 aliphatic rings. The lowest BCUT2D eigenvalue weighted by Gasteiger charge is -2.22. The molecule has 5 nitrogen and oxygen atoms in total. The van der Waals surface area contributed by atoms with Gasteiger partial charge in [-0.05, 0) is 27.2 Å². The molecule has 16 heavy (non-hydrogen) atoms. The molecule has 0 radical (unpaired) electrons. The lowest BCUT2D eigenvalue weighted by Crippen LogP contribution is -2.37. The topological polar surface area (TPSA) is 73.6 Å². The van der Waals surface area contributed by atoms with E-state index in [4.69, 9.17) is 15.2 Å². The zero-order valence-electron chi connectivity index (χ0n) is 10.0. The minimum Gasteiger partial charge on any atom is -0.356 e. The normalized spacial score (nSPS) is 40.8. The van der Waals surface area contributed by atoms with Crippen molar-refractivity contribution in [1.82, 2.24) is 5.32 Å². The van der Waals surface area contributed by atoms with Crippen molar-refractivity contribution in [2.75, 3.05) is 6.54 Å². The molecule has 0 aromatic carbocycles. The van der Waals surface area contributed by atoms with Gasteiger partial charge in [-0.25, -0.2) is 0 Å². The van der Waals surface area contributed by atoms with Gasteiger partial charge in [0.25, 0.3) is 0 Å². The molecule has 2 rings (SSSR count). The van der Waals surface area contributed by atoms with Crippen LogP contribution in [0.25, 0.3) is 0 Å². The minimum atomic E-state index is -0.627. The van der Waals surface area contributed by atoms with Gasteiger partial charge in [0, 0.05) is 12.6 Å². The van der Waals surface area contributed by atoms with E-state index in [1.807, 2.05) is 20.8 Å². The molecule has 1 aliphatic heterocycles. The SMILES string of the molecule is CCNC(=O)C1CC(N)[C@@H]2OC(C)(C)O[C@H]12. The predicted octanol–water partition coefficient (Wildman–Crippen LogP) is -0.0102. The minimum absolute atomic E-state index is 0.0201. The van der Waals surface area contributed by atoms with Crippen LogP contribution in [0.2, 0.25) is 0 Å². The van der Waals surface area contributed by atoms with Gasteiger partial charge in [0.05, 0.1) is 5.92 Å². The van der Waals surface area contributed by atoms with E-state index in [1.165, 1.54) is 0 Å². The molecule has 2 unspecified atom stereocenters. The van der Waals surface area contributed by atoms with Gasteiger partial charge in [0.2, 0.25) is 5.91 Å². The first-order chi connectivity index (χ1) is 7.44. The summed E-state index contributed by atoms with van der Waals surface area (Å²) in [5.41, 5.74) is 5.98. The Bertz CT molecular complexity index is 293. The van der Waals surface area contributed by atoms with Crippen molar-refractivity contribution in [1.29, 1.82) is 0 Å². The highest BCUT2D eigenvalue weighted by Crippen LogP contribution is 2.40. The summed E-state index contributed by atoms with van der Waals surface area (Å²) in [6, 6.07) is -0.112. The van der Waals surface area contributed by atoms with E-state index in [9.17, 15) is 4.79 Å². The maximum Gasteiger partial charge on any atom is 0.225 e. The number of fused-ring (bicyclic) bond motifs is 1. The fourth-order valence-corrected chi connectivity index (χ4v) is 2.58. The maximum atomic E-state index is 11.8. The molecular weight excluding hydrogens is 208 g/mol. The van der Waals surface area contributed by atoms with E-state index in [1.54, 1.807) is 0 Å². The lowest BCUT2D eigenvalue weighted by atomic mass is 10.0. The van der Waals surface area contributed by atoms with Gasteiger partial charge >= 0.3 is 0 Å². The zero-order chi connectivity index (χ0) is 11.9. The molecule has 1 saturated heterocycles. The van der Waals surface area contributed by atoms with Gasteiger partial charge in [-0.15, -0.1) is 0 Å². The first-order valence-corrected chi connectivity index (χ1v) is 5.83. The third-order valence-electron chi connectivity index (χ3n) is 3.20. The second kappa shape index (κ2) is 3.98. The fraction of sp³-hybridized carbons (Fsp3) is 0.909. The Morgan fingerprint density at radius 1 is 1.44 bits per heavy atom. The Morgan fingerprint density at radius 3 is 2.69 bits per heavy atom. The smallest absolute Gasteiger partial charge is 0.225 e. The third-order valence-corrected chi connectivity index (χ3v) is 3.20. The van der Waals surface area contributed by atoms with E-state index in [2.05, 4.69) is 5.32 Å². The standard InChI is InChI=1S/C11H20N2O3/c1-4-13-10(14)6-5-7(12)9-8(6)15-11(2,3)16-9/h6-9H,4-5,12H2,1-3H3,(H,13,14)/t6?,7?,8-,9+/m1/s1. The van der Waals surface area contributed by atoms with E-state index in [-0.39, 0.29) is 30.1 Å². The van der Waals surface area contributed by atoms with Crippen molar-refractivity contribution in [3.05, 3.63) is 0 Å². The van der Waals surface area contributed by atoms with Crippen molar-refractivity contribution in [3.8, 4) is 0 Å². The molecule has 0 spiro atoms. The number of nitrogens with one attached hydrogen (secondary N) is 1. The van der Waals surface area contributed by atoms with Gasteiger partial charge in [-0.3, -0.25) is 4.79 Å². The second-order valence-corrected chi connectivity index (χ2v) is 4.97. The van der Waals surface area contributed by atoms with Crippen LogP contribution < -0.4 is 11.1 Å². The molecular formula is C11H20N2O3. The molecule has 0 aromatic heterocycles. The average Bonchev–Trinajstić information content (AvgIpc) is 2.62. The molecule has 0 bridgehead atoms. The van der Waals surface area contributed by atoms with Crippen LogP contribution in [0.4, 0.5) is 0 Å². The first-order valence-electron chi connectivity index (χ1n) is 5.83. The Hall–Kier alpha value is -0.650. The van der Waals surface area contributed by atoms with Gasteiger partial charge in [-0.2, -0.15) is 0 Å². The molecule has 5 heteroatoms. The average molecular weight is 228 g/mol. The summed E-state index contributed by atoms with van der Waals surface area (Å²) >= 11 is 0. The number of nitrogens with two attached hydrogens (primary N) is 1. The fourth-order valence-electron chi connectivity index (χ4n) is 2.58. The third kappa shape index (κ3) is 1.95. The maximum absolute atomic E-state index is 11.8. The summed E-state index contributed by atoms with van der Waals surface area (Å²) in [5.74, 6) is -0.786. The first kappa shape index (κ1) is 11.8. The van der Waals surface area contributed by atoms with Gasteiger partial charge in [0.15, 0.2) is 5.79 Å². The largest absolute Gasteiger partial charge is 0.356 e. The highest BCUT2D eigenvalue weighted by molar-refractivity contribution is 5.80. The molecule has 2 fully saturated rings. The zero-order valence-corrected chi connectivity index (χ0v) is 10.0. The summed E-state index contributed by atoms with van der Waals surface area (Å²) in [7, 11) is 0. The monoisotopic (exact) mass is 228 g/mol. The van der Waals surface area contributed by atoms with Crippen LogP contribution in [0.3, 0.4) is 0 Å². The summed E-state index contributed by atoms with van der Waals surface area (Å²) in [5, 5.41) is 2.82. The van der Waals surface area contributed by atoms with Crippen LogP contribution >= 0.6 is 0 Å². The van der Waals surface area contributed by atoms with Crippen LogP contribution in [0.1, 0.15) is 27.2 Å². The lowest BCUT2D eigenvalue weighted by molar-refractivity contribution is -0.160. The highest BCUT2D eigenvalue weighted by Gasteiger charge is 2.54. The summed E-state index contributed by atoms with van der Waals surface area (Å²) in [6.07, 6.45) is 0.288. The van der Waals surface area contributed by atoms with Gasteiger partial charge in [0.1, 0.15) is 12.2 Å². The predicted molar refractivity (Wildman–Crippen MR) is 58.6 cm³/mol. The van der Waals surface area contributed by atoms with Crippen LogP contribution in [0.15, 0.2) is 0 Å². The number of carbonyl (C=O) groups excluding carboxylic acids is 1. The molecule has 1 amide bonds. The molecule has 4 atom stereocenters. The molecule has 92 valence electrons. The number of amides is 1. The number of hydrogen-bond acceptors (Lipinski definition) is 4. The Labute approximate surface area is 95.7 Å². The number of hydrogen-bond donors (Lipinski definition) is 2. The highest BCUT2D eigenvalue weighted by atomic mass is 16.8. The van der Waals surface area contributed by atoms with Crippen LogP contribution in [-0.2, 0) is 14.3 Å². The van der Waals surface area contributed by atoms with E-state index in [0.717, 1.165) is 0 Å².